The fraction of sp³-hybridized carbons (Fsp3) is 0.545. The van der Waals surface area contributed by atoms with Crippen molar-refractivity contribution in [2.24, 2.45) is 17.8 Å². The molecular weight excluding hydrogens is 226 g/mol. The first-order valence-corrected chi connectivity index (χ1v) is 5.89. The van der Waals surface area contributed by atoms with E-state index in [1.807, 2.05) is 0 Å². The van der Waals surface area contributed by atoms with Crippen LogP contribution in [0, 0.1) is 17.8 Å². The highest BCUT2D eigenvalue weighted by Gasteiger charge is 2.48. The van der Waals surface area contributed by atoms with Gasteiger partial charge in [0.1, 0.15) is 0 Å². The Morgan fingerprint density at radius 2 is 1.94 bits per heavy atom. The van der Waals surface area contributed by atoms with Gasteiger partial charge in [-0.3, -0.25) is 4.79 Å². The van der Waals surface area contributed by atoms with E-state index in [-0.39, 0.29) is 17.0 Å². The number of rotatable bonds is 2. The maximum Gasteiger partial charge on any atom is 0.228 e. The van der Waals surface area contributed by atoms with Crippen LogP contribution >= 0.6 is 11.6 Å². The number of nitrogens with one attached hydrogen (secondary N) is 1. The first-order chi connectivity index (χ1) is 7.74. The van der Waals surface area contributed by atoms with E-state index in [0.29, 0.717) is 5.82 Å². The van der Waals surface area contributed by atoms with Crippen LogP contribution in [0.2, 0.25) is 5.15 Å². The summed E-state index contributed by atoms with van der Waals surface area (Å²) in [4.78, 5) is 19.8. The molecule has 16 heavy (non-hydrogen) atoms. The second kappa shape index (κ2) is 3.70. The van der Waals surface area contributed by atoms with Gasteiger partial charge in [-0.1, -0.05) is 11.6 Å². The molecule has 1 aromatic rings. The Bertz CT molecular complexity index is 427. The Hall–Kier alpha value is -1.16. The summed E-state index contributed by atoms with van der Waals surface area (Å²) < 4.78 is 0. The molecule has 4 nitrogen and oxygen atoms in total. The summed E-state index contributed by atoms with van der Waals surface area (Å²) in [5, 5.41) is 3.00. The van der Waals surface area contributed by atoms with E-state index in [4.69, 9.17) is 11.6 Å². The van der Waals surface area contributed by atoms with E-state index in [9.17, 15) is 4.79 Å². The number of fused-ring (bicyclic) bond motifs is 1. The lowest BCUT2D eigenvalue weighted by atomic mass is 10.0. The fourth-order valence-electron chi connectivity index (χ4n) is 2.55. The summed E-state index contributed by atoms with van der Waals surface area (Å²) in [6, 6.07) is 0. The molecule has 2 aliphatic carbocycles. The number of halogens is 1. The second-order valence-corrected chi connectivity index (χ2v) is 4.97. The van der Waals surface area contributed by atoms with Crippen LogP contribution in [0.15, 0.2) is 12.4 Å². The number of carbonyl (C=O) groups excluding carboxylic acids is 1. The molecule has 2 aliphatic rings. The van der Waals surface area contributed by atoms with Crippen molar-refractivity contribution in [1.82, 2.24) is 9.97 Å². The quantitative estimate of drug-likeness (QED) is 0.857. The van der Waals surface area contributed by atoms with Crippen molar-refractivity contribution in [3.8, 4) is 0 Å². The lowest BCUT2D eigenvalue weighted by Gasteiger charge is -2.11. The van der Waals surface area contributed by atoms with Crippen molar-refractivity contribution in [2.75, 3.05) is 5.32 Å². The van der Waals surface area contributed by atoms with Crippen LogP contribution in [0.4, 0.5) is 5.82 Å². The minimum atomic E-state index is 0.0367. The summed E-state index contributed by atoms with van der Waals surface area (Å²) in [5.41, 5.74) is 0. The van der Waals surface area contributed by atoms with Gasteiger partial charge in [-0.05, 0) is 31.1 Å². The number of hydrogen-bond donors (Lipinski definition) is 1. The monoisotopic (exact) mass is 237 g/mol. The normalized spacial score (nSPS) is 30.9. The molecule has 0 saturated heterocycles. The van der Waals surface area contributed by atoms with Crippen LogP contribution in [-0.2, 0) is 4.79 Å². The molecule has 0 spiro atoms. The number of carbonyl (C=O) groups is 1. The molecular formula is C11H12ClN3O. The molecule has 2 saturated carbocycles. The van der Waals surface area contributed by atoms with Crippen LogP contribution in [0.3, 0.4) is 0 Å². The van der Waals surface area contributed by atoms with Crippen molar-refractivity contribution in [3.05, 3.63) is 17.5 Å². The van der Waals surface area contributed by atoms with E-state index in [1.165, 1.54) is 18.8 Å². The molecule has 0 aliphatic heterocycles. The molecule has 1 aromatic heterocycles. The zero-order chi connectivity index (χ0) is 11.1. The number of nitrogens with zero attached hydrogens (tertiary/aromatic N) is 2. The molecule has 2 fully saturated rings. The van der Waals surface area contributed by atoms with Crippen molar-refractivity contribution >= 4 is 23.3 Å². The van der Waals surface area contributed by atoms with Gasteiger partial charge in [-0.2, -0.15) is 0 Å². The standard InChI is InChI=1S/C11H12ClN3O/c12-9-10(14-2-1-13-9)15-11(16)8-4-6-3-7(6)5-8/h1-2,6-8H,3-5H2,(H,14,15,16). The van der Waals surface area contributed by atoms with Gasteiger partial charge in [0.15, 0.2) is 11.0 Å². The SMILES string of the molecule is O=C(Nc1nccnc1Cl)C1CC2CC2C1. The van der Waals surface area contributed by atoms with Crippen LogP contribution in [0.1, 0.15) is 19.3 Å². The van der Waals surface area contributed by atoms with Gasteiger partial charge in [-0.25, -0.2) is 9.97 Å². The molecule has 3 rings (SSSR count). The van der Waals surface area contributed by atoms with Gasteiger partial charge in [-0.15, -0.1) is 0 Å². The van der Waals surface area contributed by atoms with E-state index in [0.717, 1.165) is 24.7 Å². The molecule has 0 radical (unpaired) electrons. The fourth-order valence-corrected chi connectivity index (χ4v) is 2.70. The van der Waals surface area contributed by atoms with Crippen LogP contribution in [-0.4, -0.2) is 15.9 Å². The zero-order valence-corrected chi connectivity index (χ0v) is 9.44. The number of hydrogen-bond acceptors (Lipinski definition) is 3. The van der Waals surface area contributed by atoms with E-state index < -0.39 is 0 Å². The van der Waals surface area contributed by atoms with Crippen LogP contribution in [0.25, 0.3) is 0 Å². The Kier molecular flexibility index (Phi) is 2.32. The third kappa shape index (κ3) is 1.78. The molecule has 1 N–H and O–H groups in total. The number of aromatic nitrogens is 2. The Balaban J connectivity index is 1.66. The highest BCUT2D eigenvalue weighted by atomic mass is 35.5. The highest BCUT2D eigenvalue weighted by molar-refractivity contribution is 6.32. The smallest absolute Gasteiger partial charge is 0.228 e. The van der Waals surface area contributed by atoms with Gasteiger partial charge in [0.2, 0.25) is 5.91 Å². The molecule has 0 bridgehead atoms. The predicted octanol–water partition coefficient (Wildman–Crippen LogP) is 2.11. The Morgan fingerprint density at radius 1 is 1.25 bits per heavy atom. The van der Waals surface area contributed by atoms with E-state index in [1.54, 1.807) is 0 Å². The lowest BCUT2D eigenvalue weighted by molar-refractivity contribution is -0.120. The van der Waals surface area contributed by atoms with Crippen molar-refractivity contribution in [3.63, 3.8) is 0 Å². The predicted molar refractivity (Wildman–Crippen MR) is 60.0 cm³/mol. The maximum absolute atomic E-state index is 11.9. The zero-order valence-electron chi connectivity index (χ0n) is 8.69. The van der Waals surface area contributed by atoms with Crippen molar-refractivity contribution in [2.45, 2.75) is 19.3 Å². The lowest BCUT2D eigenvalue weighted by Crippen LogP contribution is -2.22. The molecule has 84 valence electrons. The average Bonchev–Trinajstić information content (AvgIpc) is 2.89. The molecule has 1 amide bonds. The number of anilines is 1. The van der Waals surface area contributed by atoms with Gasteiger partial charge < -0.3 is 5.32 Å². The van der Waals surface area contributed by atoms with Crippen LogP contribution < -0.4 is 5.32 Å². The second-order valence-electron chi connectivity index (χ2n) is 4.61. The van der Waals surface area contributed by atoms with E-state index in [2.05, 4.69) is 15.3 Å². The summed E-state index contributed by atoms with van der Waals surface area (Å²) in [5.74, 6) is 2.15. The first kappa shape index (κ1) is 10.0. The topological polar surface area (TPSA) is 54.9 Å². The number of amides is 1. The highest BCUT2D eigenvalue weighted by Crippen LogP contribution is 2.54. The molecule has 2 unspecified atom stereocenters. The average molecular weight is 238 g/mol. The maximum atomic E-state index is 11.9. The third-order valence-corrected chi connectivity index (χ3v) is 3.79. The molecule has 5 heteroatoms. The summed E-state index contributed by atoms with van der Waals surface area (Å²) in [6.45, 7) is 0. The third-order valence-electron chi connectivity index (χ3n) is 3.51. The Morgan fingerprint density at radius 3 is 2.62 bits per heavy atom. The molecule has 2 atom stereocenters. The Labute approximate surface area is 98.4 Å². The summed E-state index contributed by atoms with van der Waals surface area (Å²) in [6.07, 6.45) is 6.38. The van der Waals surface area contributed by atoms with Crippen LogP contribution in [0.5, 0.6) is 0 Å². The van der Waals surface area contributed by atoms with Gasteiger partial charge in [0, 0.05) is 18.3 Å². The van der Waals surface area contributed by atoms with Crippen molar-refractivity contribution in [1.29, 1.82) is 0 Å². The minimum absolute atomic E-state index is 0.0367. The largest absolute Gasteiger partial charge is 0.308 e. The summed E-state index contributed by atoms with van der Waals surface area (Å²) in [7, 11) is 0. The first-order valence-electron chi connectivity index (χ1n) is 5.51. The molecule has 0 aromatic carbocycles. The van der Waals surface area contributed by atoms with Gasteiger partial charge in [0.25, 0.3) is 0 Å². The summed E-state index contributed by atoms with van der Waals surface area (Å²) >= 11 is 5.82. The van der Waals surface area contributed by atoms with E-state index >= 15 is 0 Å². The molecule has 1 heterocycles. The minimum Gasteiger partial charge on any atom is -0.308 e. The van der Waals surface area contributed by atoms with Gasteiger partial charge >= 0.3 is 0 Å². The van der Waals surface area contributed by atoms with Gasteiger partial charge in [0.05, 0.1) is 0 Å². The van der Waals surface area contributed by atoms with Crippen molar-refractivity contribution < 1.29 is 4.79 Å².